The van der Waals surface area contributed by atoms with Crippen molar-refractivity contribution in [3.05, 3.63) is 24.3 Å². The molecular formula is C17H30O6. The summed E-state index contributed by atoms with van der Waals surface area (Å²) in [6.45, 7) is 13.0. The van der Waals surface area contributed by atoms with Crippen molar-refractivity contribution in [2.24, 2.45) is 5.41 Å². The van der Waals surface area contributed by atoms with Crippen LogP contribution in [0.4, 0.5) is 0 Å². The lowest BCUT2D eigenvalue weighted by Crippen LogP contribution is -2.45. The standard InChI is InChI=1S/C8H14O3.C5H8O2.C4H8O/c1-5-8(4,6(9)10)7(2,3)11;1-3-4(2)5(6)7;1-2-4-5-3-1/h5,11H,1H2,2-4H3,(H,9,10);3H,1-2H3,(H,6,7);1-4H2/b;4-3+;. The minimum Gasteiger partial charge on any atom is -0.481 e. The van der Waals surface area contributed by atoms with Crippen molar-refractivity contribution in [2.45, 2.75) is 53.1 Å². The Balaban J connectivity index is 0. The van der Waals surface area contributed by atoms with Crippen molar-refractivity contribution in [1.82, 2.24) is 0 Å². The molecule has 0 saturated carbocycles. The summed E-state index contributed by atoms with van der Waals surface area (Å²) in [5.41, 5.74) is -2.19. The van der Waals surface area contributed by atoms with Crippen molar-refractivity contribution in [2.75, 3.05) is 13.2 Å². The second-order valence-corrected chi connectivity index (χ2v) is 5.87. The maximum Gasteiger partial charge on any atom is 0.330 e. The summed E-state index contributed by atoms with van der Waals surface area (Å²) in [7, 11) is 0. The maximum atomic E-state index is 10.7. The fraction of sp³-hybridized carbons (Fsp3) is 0.647. The highest BCUT2D eigenvalue weighted by atomic mass is 16.5. The summed E-state index contributed by atoms with van der Waals surface area (Å²) in [6.07, 6.45) is 5.36. The highest BCUT2D eigenvalue weighted by Gasteiger charge is 2.43. The van der Waals surface area contributed by atoms with E-state index in [9.17, 15) is 14.7 Å². The molecule has 0 aliphatic carbocycles. The Morgan fingerprint density at radius 2 is 1.57 bits per heavy atom. The number of hydrogen-bond acceptors (Lipinski definition) is 4. The van der Waals surface area contributed by atoms with Crippen molar-refractivity contribution in [3.8, 4) is 0 Å². The number of carboxylic acid groups (broad SMARTS) is 2. The van der Waals surface area contributed by atoms with Crippen LogP contribution in [0.5, 0.6) is 0 Å². The highest BCUT2D eigenvalue weighted by Crippen LogP contribution is 2.32. The maximum absolute atomic E-state index is 10.7. The van der Waals surface area contributed by atoms with E-state index in [0.717, 1.165) is 13.2 Å². The summed E-state index contributed by atoms with van der Waals surface area (Å²) in [5, 5.41) is 26.3. The van der Waals surface area contributed by atoms with E-state index in [2.05, 4.69) is 6.58 Å². The fourth-order valence-electron chi connectivity index (χ4n) is 1.23. The fourth-order valence-corrected chi connectivity index (χ4v) is 1.23. The van der Waals surface area contributed by atoms with Crippen LogP contribution in [0.2, 0.25) is 0 Å². The van der Waals surface area contributed by atoms with Gasteiger partial charge in [0.25, 0.3) is 0 Å². The average molecular weight is 330 g/mol. The van der Waals surface area contributed by atoms with Crippen LogP contribution in [0.3, 0.4) is 0 Å². The molecule has 1 rings (SSSR count). The first-order chi connectivity index (χ1) is 10.4. The largest absolute Gasteiger partial charge is 0.481 e. The molecule has 0 aromatic rings. The highest BCUT2D eigenvalue weighted by molar-refractivity contribution is 5.85. The van der Waals surface area contributed by atoms with Gasteiger partial charge >= 0.3 is 11.9 Å². The van der Waals surface area contributed by atoms with Gasteiger partial charge in [-0.05, 0) is 47.5 Å². The number of carbonyl (C=O) groups is 2. The summed E-state index contributed by atoms with van der Waals surface area (Å²) in [6, 6.07) is 0. The van der Waals surface area contributed by atoms with Crippen molar-refractivity contribution in [3.63, 3.8) is 0 Å². The average Bonchev–Trinajstić information content (AvgIpc) is 3.03. The van der Waals surface area contributed by atoms with Crippen LogP contribution in [-0.4, -0.2) is 46.1 Å². The van der Waals surface area contributed by atoms with Crippen LogP contribution in [0, 0.1) is 5.41 Å². The van der Waals surface area contributed by atoms with Gasteiger partial charge in [0, 0.05) is 18.8 Å². The number of aliphatic carboxylic acids is 2. The zero-order chi connectivity index (χ0) is 18.7. The van der Waals surface area contributed by atoms with Crippen molar-refractivity contribution < 1.29 is 29.6 Å². The summed E-state index contributed by atoms with van der Waals surface area (Å²) < 4.78 is 4.94. The van der Waals surface area contributed by atoms with E-state index >= 15 is 0 Å². The lowest BCUT2D eigenvalue weighted by Gasteiger charge is -2.33. The van der Waals surface area contributed by atoms with E-state index in [0.29, 0.717) is 5.57 Å². The van der Waals surface area contributed by atoms with Gasteiger partial charge in [-0.2, -0.15) is 0 Å². The molecule has 1 atom stereocenters. The van der Waals surface area contributed by atoms with Gasteiger partial charge in [0.2, 0.25) is 0 Å². The second-order valence-electron chi connectivity index (χ2n) is 5.87. The number of carboxylic acids is 2. The van der Waals surface area contributed by atoms with Crippen molar-refractivity contribution >= 4 is 11.9 Å². The Bertz CT molecular complexity index is 408. The second kappa shape index (κ2) is 11.0. The molecule has 0 spiro atoms. The molecule has 1 unspecified atom stereocenters. The molecule has 0 aromatic carbocycles. The molecule has 1 aliphatic heterocycles. The normalized spacial score (nSPS) is 16.9. The van der Waals surface area contributed by atoms with Gasteiger partial charge in [-0.1, -0.05) is 12.2 Å². The van der Waals surface area contributed by atoms with Gasteiger partial charge in [-0.3, -0.25) is 4.79 Å². The molecule has 1 heterocycles. The van der Waals surface area contributed by atoms with Gasteiger partial charge < -0.3 is 20.1 Å². The molecule has 1 saturated heterocycles. The molecule has 1 aliphatic rings. The van der Waals surface area contributed by atoms with E-state index in [-0.39, 0.29) is 0 Å². The molecule has 3 N–H and O–H groups in total. The van der Waals surface area contributed by atoms with Crippen LogP contribution >= 0.6 is 0 Å². The quantitative estimate of drug-likeness (QED) is 0.541. The minimum atomic E-state index is -1.29. The molecule has 134 valence electrons. The van der Waals surface area contributed by atoms with Crippen LogP contribution in [0.1, 0.15) is 47.5 Å². The first-order valence-electron chi connectivity index (χ1n) is 7.47. The number of rotatable bonds is 4. The number of allylic oxidation sites excluding steroid dienone is 1. The monoisotopic (exact) mass is 330 g/mol. The first-order valence-corrected chi connectivity index (χ1v) is 7.47. The Morgan fingerprint density at radius 3 is 1.61 bits per heavy atom. The predicted molar refractivity (Wildman–Crippen MR) is 89.4 cm³/mol. The molecule has 0 radical (unpaired) electrons. The lowest BCUT2D eigenvalue weighted by molar-refractivity contribution is -0.156. The van der Waals surface area contributed by atoms with E-state index in [1.165, 1.54) is 39.7 Å². The van der Waals surface area contributed by atoms with E-state index < -0.39 is 23.0 Å². The van der Waals surface area contributed by atoms with Crippen molar-refractivity contribution in [1.29, 1.82) is 0 Å². The molecule has 23 heavy (non-hydrogen) atoms. The Labute approximate surface area is 138 Å². The van der Waals surface area contributed by atoms with Crippen LogP contribution in [0.15, 0.2) is 24.3 Å². The van der Waals surface area contributed by atoms with E-state index in [1.54, 1.807) is 19.9 Å². The van der Waals surface area contributed by atoms with Gasteiger partial charge in [0.1, 0.15) is 5.41 Å². The first kappa shape index (κ1) is 23.6. The third-order valence-electron chi connectivity index (χ3n) is 3.72. The molecule has 0 amide bonds. The van der Waals surface area contributed by atoms with Gasteiger partial charge in [-0.25, -0.2) is 4.79 Å². The van der Waals surface area contributed by atoms with E-state index in [4.69, 9.17) is 14.9 Å². The van der Waals surface area contributed by atoms with Crippen LogP contribution in [-0.2, 0) is 14.3 Å². The number of ether oxygens (including phenoxy) is 1. The summed E-state index contributed by atoms with van der Waals surface area (Å²) in [4.78, 5) is 20.5. The third kappa shape index (κ3) is 9.15. The molecule has 0 aromatic heterocycles. The Morgan fingerprint density at radius 1 is 1.13 bits per heavy atom. The van der Waals surface area contributed by atoms with Gasteiger partial charge in [0.15, 0.2) is 0 Å². The zero-order valence-corrected chi connectivity index (χ0v) is 14.8. The SMILES string of the molecule is C/C=C(\C)C(=O)O.C1CCOC1.C=CC(C)(C(=O)O)C(C)(C)O. The molecular weight excluding hydrogens is 300 g/mol. The predicted octanol–water partition coefficient (Wildman–Crippen LogP) is 2.87. The van der Waals surface area contributed by atoms with Gasteiger partial charge in [0.05, 0.1) is 5.60 Å². The Hall–Kier alpha value is -1.66. The molecule has 6 nitrogen and oxygen atoms in total. The number of aliphatic hydroxyl groups is 1. The molecule has 6 heteroatoms. The molecule has 0 bridgehead atoms. The van der Waals surface area contributed by atoms with E-state index in [1.807, 2.05) is 0 Å². The number of hydrogen-bond donors (Lipinski definition) is 3. The summed E-state index contributed by atoms with van der Waals surface area (Å²) >= 11 is 0. The van der Waals surface area contributed by atoms with Crippen LogP contribution in [0.25, 0.3) is 0 Å². The Kier molecular flexibility index (Phi) is 11.3. The topological polar surface area (TPSA) is 104 Å². The van der Waals surface area contributed by atoms with Gasteiger partial charge in [-0.15, -0.1) is 6.58 Å². The van der Waals surface area contributed by atoms with Crippen LogP contribution < -0.4 is 0 Å². The zero-order valence-electron chi connectivity index (χ0n) is 14.8. The minimum absolute atomic E-state index is 0.389. The lowest BCUT2D eigenvalue weighted by atomic mass is 9.76. The molecule has 1 fully saturated rings. The summed E-state index contributed by atoms with van der Waals surface area (Å²) in [5.74, 6) is -1.91. The third-order valence-corrected chi connectivity index (χ3v) is 3.72. The smallest absolute Gasteiger partial charge is 0.330 e.